The zero-order chi connectivity index (χ0) is 11.6. The van der Waals surface area contributed by atoms with Gasteiger partial charge in [-0.1, -0.05) is 28.1 Å². The lowest BCUT2D eigenvalue weighted by Crippen LogP contribution is -2.27. The van der Waals surface area contributed by atoms with Crippen molar-refractivity contribution in [3.8, 4) is 0 Å². The van der Waals surface area contributed by atoms with Crippen LogP contribution in [0.2, 0.25) is 0 Å². The highest BCUT2D eigenvalue weighted by Crippen LogP contribution is 2.16. The highest BCUT2D eigenvalue weighted by atomic mass is 79.9. The molecule has 0 spiro atoms. The average Bonchev–Trinajstić information content (AvgIpc) is 2.55. The van der Waals surface area contributed by atoms with Crippen LogP contribution in [0.1, 0.15) is 12.0 Å². The van der Waals surface area contributed by atoms with Gasteiger partial charge in [0, 0.05) is 17.6 Å². The minimum absolute atomic E-state index is 0.311. The summed E-state index contributed by atoms with van der Waals surface area (Å²) in [4.78, 5) is 0. The van der Waals surface area contributed by atoms with Crippen LogP contribution in [0.5, 0.6) is 0 Å². The van der Waals surface area contributed by atoms with Gasteiger partial charge in [0.05, 0.1) is 5.75 Å². The SMILES string of the molecule is O=S1(=O)CCCN1CCc1cccc(Br)c1. The molecule has 88 valence electrons. The zero-order valence-electron chi connectivity index (χ0n) is 8.89. The summed E-state index contributed by atoms with van der Waals surface area (Å²) in [6.07, 6.45) is 1.54. The predicted molar refractivity (Wildman–Crippen MR) is 67.8 cm³/mol. The molecule has 1 aliphatic rings. The van der Waals surface area contributed by atoms with Crippen molar-refractivity contribution in [2.24, 2.45) is 0 Å². The molecule has 1 saturated heterocycles. The molecule has 1 aromatic carbocycles. The fraction of sp³-hybridized carbons (Fsp3) is 0.455. The van der Waals surface area contributed by atoms with E-state index >= 15 is 0 Å². The highest BCUT2D eigenvalue weighted by Gasteiger charge is 2.27. The van der Waals surface area contributed by atoms with E-state index < -0.39 is 10.0 Å². The first-order chi connectivity index (χ1) is 7.58. The molecule has 0 radical (unpaired) electrons. The molecule has 1 aromatic rings. The summed E-state index contributed by atoms with van der Waals surface area (Å²) in [5.41, 5.74) is 1.16. The van der Waals surface area contributed by atoms with Crippen molar-refractivity contribution in [2.45, 2.75) is 12.8 Å². The van der Waals surface area contributed by atoms with Crippen molar-refractivity contribution in [1.82, 2.24) is 4.31 Å². The molecule has 0 unspecified atom stereocenters. The van der Waals surface area contributed by atoms with E-state index in [4.69, 9.17) is 0 Å². The second kappa shape index (κ2) is 4.85. The van der Waals surface area contributed by atoms with Gasteiger partial charge in [0.1, 0.15) is 0 Å². The van der Waals surface area contributed by atoms with Crippen molar-refractivity contribution in [3.05, 3.63) is 34.3 Å². The molecule has 16 heavy (non-hydrogen) atoms. The van der Waals surface area contributed by atoms with E-state index in [0.29, 0.717) is 18.8 Å². The summed E-state index contributed by atoms with van der Waals surface area (Å²) in [7, 11) is -2.95. The third-order valence-corrected chi connectivity index (χ3v) is 5.19. The quantitative estimate of drug-likeness (QED) is 0.857. The van der Waals surface area contributed by atoms with E-state index in [9.17, 15) is 8.42 Å². The first-order valence-corrected chi connectivity index (χ1v) is 7.70. The summed E-state index contributed by atoms with van der Waals surface area (Å²) < 4.78 is 25.8. The van der Waals surface area contributed by atoms with Crippen LogP contribution in [0.25, 0.3) is 0 Å². The number of nitrogens with zero attached hydrogens (tertiary/aromatic N) is 1. The molecule has 1 aliphatic heterocycles. The number of sulfonamides is 1. The fourth-order valence-corrected chi connectivity index (χ4v) is 3.86. The molecule has 2 rings (SSSR count). The van der Waals surface area contributed by atoms with E-state index in [1.54, 1.807) is 4.31 Å². The molecule has 0 saturated carbocycles. The Labute approximate surface area is 105 Å². The maximum atomic E-state index is 11.6. The van der Waals surface area contributed by atoms with E-state index in [2.05, 4.69) is 15.9 Å². The summed E-state index contributed by atoms with van der Waals surface area (Å²) in [6, 6.07) is 7.99. The molecule has 0 atom stereocenters. The third kappa shape index (κ3) is 2.84. The third-order valence-electron chi connectivity index (χ3n) is 2.74. The average molecular weight is 304 g/mol. The molecule has 3 nitrogen and oxygen atoms in total. The molecule has 5 heteroatoms. The summed E-state index contributed by atoms with van der Waals surface area (Å²) in [5, 5.41) is 0. The van der Waals surface area contributed by atoms with Gasteiger partial charge in [-0.25, -0.2) is 12.7 Å². The van der Waals surface area contributed by atoms with Gasteiger partial charge >= 0.3 is 0 Å². The number of benzene rings is 1. The summed E-state index contributed by atoms with van der Waals surface area (Å²) in [5.74, 6) is 0.311. The van der Waals surface area contributed by atoms with Crippen LogP contribution in [-0.2, 0) is 16.4 Å². The largest absolute Gasteiger partial charge is 0.214 e. The normalized spacial score (nSPS) is 20.1. The Morgan fingerprint density at radius 1 is 1.38 bits per heavy atom. The number of rotatable bonds is 3. The Kier molecular flexibility index (Phi) is 3.66. The lowest BCUT2D eigenvalue weighted by atomic mass is 10.1. The number of hydrogen-bond donors (Lipinski definition) is 0. The molecular weight excluding hydrogens is 290 g/mol. The molecule has 0 bridgehead atoms. The minimum Gasteiger partial charge on any atom is -0.212 e. The van der Waals surface area contributed by atoms with Crippen LogP contribution in [0.15, 0.2) is 28.7 Å². The van der Waals surface area contributed by atoms with E-state index in [1.165, 1.54) is 0 Å². The number of halogens is 1. The maximum absolute atomic E-state index is 11.6. The van der Waals surface area contributed by atoms with Crippen molar-refractivity contribution in [2.75, 3.05) is 18.8 Å². The second-order valence-electron chi connectivity index (χ2n) is 3.95. The maximum Gasteiger partial charge on any atom is 0.214 e. The topological polar surface area (TPSA) is 37.4 Å². The molecule has 1 heterocycles. The molecule has 0 aromatic heterocycles. The van der Waals surface area contributed by atoms with E-state index in [-0.39, 0.29) is 0 Å². The van der Waals surface area contributed by atoms with Gasteiger partial charge in [0.2, 0.25) is 10.0 Å². The van der Waals surface area contributed by atoms with Crippen LogP contribution in [0.4, 0.5) is 0 Å². The standard InChI is InChI=1S/C11H14BrNO2S/c12-11-4-1-3-10(9-11)5-7-13-6-2-8-16(13,14)15/h1,3-4,9H,2,5-8H2. The smallest absolute Gasteiger partial charge is 0.212 e. The van der Waals surface area contributed by atoms with Crippen molar-refractivity contribution in [3.63, 3.8) is 0 Å². The Bertz CT molecular complexity index is 473. The van der Waals surface area contributed by atoms with Crippen LogP contribution in [0, 0.1) is 0 Å². The first kappa shape index (κ1) is 12.1. The van der Waals surface area contributed by atoms with Crippen molar-refractivity contribution >= 4 is 26.0 Å². The molecule has 1 fully saturated rings. The van der Waals surface area contributed by atoms with Crippen molar-refractivity contribution in [1.29, 1.82) is 0 Å². The van der Waals surface area contributed by atoms with Gasteiger partial charge in [-0.3, -0.25) is 0 Å². The van der Waals surface area contributed by atoms with Crippen molar-refractivity contribution < 1.29 is 8.42 Å². The zero-order valence-corrected chi connectivity index (χ0v) is 11.3. The summed E-state index contributed by atoms with van der Waals surface area (Å²) in [6.45, 7) is 1.27. The van der Waals surface area contributed by atoms with Gasteiger partial charge in [0.15, 0.2) is 0 Å². The lowest BCUT2D eigenvalue weighted by molar-refractivity contribution is 0.447. The minimum atomic E-state index is -2.95. The van der Waals surface area contributed by atoms with Crippen LogP contribution in [-0.4, -0.2) is 31.6 Å². The molecule has 0 N–H and O–H groups in total. The predicted octanol–water partition coefficient (Wildman–Crippen LogP) is 2.03. The Morgan fingerprint density at radius 2 is 2.19 bits per heavy atom. The second-order valence-corrected chi connectivity index (χ2v) is 6.95. The van der Waals surface area contributed by atoms with Gasteiger partial charge in [0.25, 0.3) is 0 Å². The van der Waals surface area contributed by atoms with Crippen LogP contribution < -0.4 is 0 Å². The Morgan fingerprint density at radius 3 is 2.81 bits per heavy atom. The number of hydrogen-bond acceptors (Lipinski definition) is 2. The van der Waals surface area contributed by atoms with Crippen LogP contribution >= 0.6 is 15.9 Å². The highest BCUT2D eigenvalue weighted by molar-refractivity contribution is 9.10. The van der Waals surface area contributed by atoms with Gasteiger partial charge < -0.3 is 0 Å². The Balaban J connectivity index is 1.98. The fourth-order valence-electron chi connectivity index (χ4n) is 1.89. The molecular formula is C11H14BrNO2S. The first-order valence-electron chi connectivity index (χ1n) is 5.30. The van der Waals surface area contributed by atoms with E-state index in [0.717, 1.165) is 22.9 Å². The van der Waals surface area contributed by atoms with Gasteiger partial charge in [-0.05, 0) is 30.5 Å². The lowest BCUT2D eigenvalue weighted by Gasteiger charge is -2.13. The van der Waals surface area contributed by atoms with E-state index in [1.807, 2.05) is 24.3 Å². The molecule has 0 amide bonds. The van der Waals surface area contributed by atoms with Crippen LogP contribution in [0.3, 0.4) is 0 Å². The van der Waals surface area contributed by atoms with Gasteiger partial charge in [-0.15, -0.1) is 0 Å². The molecule has 0 aliphatic carbocycles. The van der Waals surface area contributed by atoms with Gasteiger partial charge in [-0.2, -0.15) is 0 Å². The Hall–Kier alpha value is -0.390. The summed E-state index contributed by atoms with van der Waals surface area (Å²) >= 11 is 3.41. The monoisotopic (exact) mass is 303 g/mol.